The number of benzene rings is 3. The molecule has 12 heteroatoms. The molecule has 0 bridgehead atoms. The minimum Gasteiger partial charge on any atom is -0.436 e. The van der Waals surface area contributed by atoms with Crippen LogP contribution in [-0.4, -0.2) is 31.9 Å². The zero-order valence-corrected chi connectivity index (χ0v) is 19.9. The lowest BCUT2D eigenvalue weighted by Gasteiger charge is -2.08. The van der Waals surface area contributed by atoms with E-state index in [4.69, 9.17) is 16.0 Å². The van der Waals surface area contributed by atoms with E-state index in [-0.39, 0.29) is 16.9 Å². The first-order valence-electron chi connectivity index (χ1n) is 10.9. The quantitative estimate of drug-likeness (QED) is 0.194. The molecule has 0 aliphatic heterocycles. The van der Waals surface area contributed by atoms with Gasteiger partial charge in [0, 0.05) is 34.8 Å². The van der Waals surface area contributed by atoms with Crippen molar-refractivity contribution in [3.05, 3.63) is 87.6 Å². The molecular formula is C25H17ClN6O5. The topological polar surface area (TPSA) is 156 Å². The van der Waals surface area contributed by atoms with Gasteiger partial charge >= 0.3 is 0 Å². The van der Waals surface area contributed by atoms with E-state index in [1.165, 1.54) is 19.1 Å². The van der Waals surface area contributed by atoms with Gasteiger partial charge in [-0.25, -0.2) is 4.98 Å². The Bertz CT molecular complexity index is 1670. The molecule has 2 aromatic heterocycles. The van der Waals surface area contributed by atoms with Crippen molar-refractivity contribution >= 4 is 51.6 Å². The Morgan fingerprint density at radius 1 is 1.05 bits per heavy atom. The molecule has 0 fully saturated rings. The molecule has 0 spiro atoms. The average molecular weight is 517 g/mol. The number of carbonyl (C=O) groups excluding carboxylic acids is 2. The van der Waals surface area contributed by atoms with Crippen LogP contribution in [0.2, 0.25) is 5.02 Å². The maximum atomic E-state index is 12.7. The summed E-state index contributed by atoms with van der Waals surface area (Å²) in [7, 11) is 0. The number of hydrogen-bond acceptors (Lipinski definition) is 7. The van der Waals surface area contributed by atoms with Gasteiger partial charge in [-0.2, -0.15) is 5.10 Å². The Morgan fingerprint density at radius 2 is 1.84 bits per heavy atom. The monoisotopic (exact) mass is 516 g/mol. The van der Waals surface area contributed by atoms with E-state index in [1.54, 1.807) is 48.7 Å². The van der Waals surface area contributed by atoms with Gasteiger partial charge in [0.1, 0.15) is 11.2 Å². The molecule has 184 valence electrons. The highest BCUT2D eigenvalue weighted by Gasteiger charge is 2.19. The smallest absolute Gasteiger partial charge is 0.293 e. The fraction of sp³-hybridized carbons (Fsp3) is 0.0400. The fourth-order valence-electron chi connectivity index (χ4n) is 3.73. The van der Waals surface area contributed by atoms with Crippen LogP contribution in [0.25, 0.3) is 33.8 Å². The van der Waals surface area contributed by atoms with Gasteiger partial charge in [0.05, 0.1) is 22.4 Å². The third-order valence-corrected chi connectivity index (χ3v) is 5.65. The van der Waals surface area contributed by atoms with Gasteiger partial charge in [0.15, 0.2) is 5.58 Å². The summed E-state index contributed by atoms with van der Waals surface area (Å²) in [4.78, 5) is 39.2. The number of nitro benzene ring substituents is 1. The summed E-state index contributed by atoms with van der Waals surface area (Å²) in [5.74, 6) is -0.624. The molecule has 37 heavy (non-hydrogen) atoms. The van der Waals surface area contributed by atoms with Crippen LogP contribution in [0.15, 0.2) is 71.3 Å². The maximum Gasteiger partial charge on any atom is 0.293 e. The largest absolute Gasteiger partial charge is 0.436 e. The highest BCUT2D eigenvalue weighted by atomic mass is 35.5. The molecule has 2 heterocycles. The number of carbonyl (C=O) groups is 2. The minimum absolute atomic E-state index is 0.0100. The number of oxazole rings is 1. The zero-order valence-electron chi connectivity index (χ0n) is 19.1. The zero-order chi connectivity index (χ0) is 26.1. The number of aromatic amines is 1. The maximum absolute atomic E-state index is 12.7. The van der Waals surface area contributed by atoms with Gasteiger partial charge in [0.25, 0.3) is 11.6 Å². The van der Waals surface area contributed by atoms with E-state index in [0.29, 0.717) is 39.0 Å². The first kappa shape index (κ1) is 23.7. The van der Waals surface area contributed by atoms with Crippen LogP contribution in [0.3, 0.4) is 0 Å². The second-order valence-corrected chi connectivity index (χ2v) is 8.43. The van der Waals surface area contributed by atoms with E-state index >= 15 is 0 Å². The minimum atomic E-state index is -0.662. The van der Waals surface area contributed by atoms with Crippen LogP contribution < -0.4 is 10.6 Å². The lowest BCUT2D eigenvalue weighted by atomic mass is 10.1. The van der Waals surface area contributed by atoms with Gasteiger partial charge in [-0.05, 0) is 42.5 Å². The summed E-state index contributed by atoms with van der Waals surface area (Å²) in [5.41, 5.74) is 3.46. The number of nitrogens with one attached hydrogen (secondary N) is 3. The molecule has 5 rings (SSSR count). The summed E-state index contributed by atoms with van der Waals surface area (Å²) >= 11 is 6.04. The number of nitro groups is 1. The predicted octanol–water partition coefficient (Wildman–Crippen LogP) is 5.66. The molecule has 0 saturated heterocycles. The molecule has 2 amide bonds. The Morgan fingerprint density at radius 3 is 2.57 bits per heavy atom. The van der Waals surface area contributed by atoms with Gasteiger partial charge in [0.2, 0.25) is 11.8 Å². The van der Waals surface area contributed by atoms with Crippen molar-refractivity contribution in [2.24, 2.45) is 0 Å². The number of aromatic nitrogens is 3. The average Bonchev–Trinajstić information content (AvgIpc) is 3.51. The number of rotatable bonds is 6. The number of H-pyrrole nitrogens is 1. The van der Waals surface area contributed by atoms with Crippen molar-refractivity contribution in [1.29, 1.82) is 0 Å². The van der Waals surface area contributed by atoms with Crippen LogP contribution in [0, 0.1) is 10.1 Å². The Hall–Kier alpha value is -5.03. The van der Waals surface area contributed by atoms with Gasteiger partial charge in [-0.3, -0.25) is 24.8 Å². The highest BCUT2D eigenvalue weighted by Crippen LogP contribution is 2.33. The van der Waals surface area contributed by atoms with Crippen molar-refractivity contribution in [1.82, 2.24) is 15.2 Å². The molecule has 3 aromatic carbocycles. The first-order valence-corrected chi connectivity index (χ1v) is 11.2. The van der Waals surface area contributed by atoms with E-state index in [2.05, 4.69) is 25.8 Å². The number of nitrogens with zero attached hydrogens (tertiary/aromatic N) is 3. The standard InChI is InChI=1S/C25H17ClN6O5/c1-13(33)28-19-8-4-15(10-21(19)32(35)36)24(34)29-17-6-2-14(3-7-17)23-18(12-27-31-23)25-30-20-11-16(26)5-9-22(20)37-25/h2-12H,1H3,(H,27,31)(H,28,33)(H,29,34). The fourth-order valence-corrected chi connectivity index (χ4v) is 3.89. The van der Waals surface area contributed by atoms with Crippen molar-refractivity contribution in [3.8, 4) is 22.7 Å². The number of hydrogen-bond donors (Lipinski definition) is 3. The van der Waals surface area contributed by atoms with E-state index in [1.807, 2.05) is 0 Å². The third-order valence-electron chi connectivity index (χ3n) is 5.42. The summed E-state index contributed by atoms with van der Waals surface area (Å²) in [6.07, 6.45) is 1.61. The van der Waals surface area contributed by atoms with E-state index in [9.17, 15) is 19.7 Å². The molecule has 5 aromatic rings. The first-order chi connectivity index (χ1) is 17.8. The Kier molecular flexibility index (Phi) is 6.12. The molecule has 3 N–H and O–H groups in total. The van der Waals surface area contributed by atoms with Crippen LogP contribution in [0.5, 0.6) is 0 Å². The lowest BCUT2D eigenvalue weighted by Crippen LogP contribution is -2.13. The summed E-state index contributed by atoms with van der Waals surface area (Å²) < 4.78 is 5.85. The van der Waals surface area contributed by atoms with Crippen LogP contribution in [0.4, 0.5) is 17.1 Å². The Balaban J connectivity index is 1.36. The van der Waals surface area contributed by atoms with Crippen LogP contribution in [-0.2, 0) is 4.79 Å². The van der Waals surface area contributed by atoms with Crippen LogP contribution >= 0.6 is 11.6 Å². The van der Waals surface area contributed by atoms with Crippen molar-refractivity contribution in [3.63, 3.8) is 0 Å². The number of fused-ring (bicyclic) bond motifs is 1. The van der Waals surface area contributed by atoms with E-state index in [0.717, 1.165) is 11.6 Å². The van der Waals surface area contributed by atoms with Gasteiger partial charge in [-0.1, -0.05) is 23.7 Å². The summed E-state index contributed by atoms with van der Waals surface area (Å²) in [6, 6.07) is 15.9. The number of anilines is 2. The SMILES string of the molecule is CC(=O)Nc1ccc(C(=O)Nc2ccc(-c3[nH]ncc3-c3nc4cc(Cl)ccc4o3)cc2)cc1[N+](=O)[O-]. The number of amides is 2. The van der Waals surface area contributed by atoms with Crippen LogP contribution in [0.1, 0.15) is 17.3 Å². The second kappa shape index (κ2) is 9.55. The van der Waals surface area contributed by atoms with Crippen molar-refractivity contribution in [2.75, 3.05) is 10.6 Å². The second-order valence-electron chi connectivity index (χ2n) is 7.99. The highest BCUT2D eigenvalue weighted by molar-refractivity contribution is 6.31. The van der Waals surface area contributed by atoms with Crippen molar-refractivity contribution in [2.45, 2.75) is 6.92 Å². The number of halogens is 1. The summed E-state index contributed by atoms with van der Waals surface area (Å²) in [5, 5.41) is 24.1. The summed E-state index contributed by atoms with van der Waals surface area (Å²) in [6.45, 7) is 1.24. The predicted molar refractivity (Wildman–Crippen MR) is 137 cm³/mol. The normalized spacial score (nSPS) is 10.9. The molecule has 0 unspecified atom stereocenters. The molecule has 0 aliphatic carbocycles. The third kappa shape index (κ3) is 4.88. The molecule has 0 radical (unpaired) electrons. The van der Waals surface area contributed by atoms with Crippen molar-refractivity contribution < 1.29 is 18.9 Å². The van der Waals surface area contributed by atoms with E-state index < -0.39 is 16.7 Å². The Labute approximate surface area is 213 Å². The lowest BCUT2D eigenvalue weighted by molar-refractivity contribution is -0.384. The van der Waals surface area contributed by atoms with Gasteiger partial charge in [-0.15, -0.1) is 0 Å². The molecular weight excluding hydrogens is 500 g/mol. The van der Waals surface area contributed by atoms with Gasteiger partial charge < -0.3 is 15.1 Å². The molecule has 0 atom stereocenters. The molecule has 0 saturated carbocycles. The molecule has 0 aliphatic rings. The molecule has 11 nitrogen and oxygen atoms in total.